The summed E-state index contributed by atoms with van der Waals surface area (Å²) in [7, 11) is 1.79. The zero-order chi connectivity index (χ0) is 14.6. The maximum Gasteiger partial charge on any atom is 0.0590 e. The number of nitrogens with zero attached hydrogens (tertiary/aromatic N) is 1. The molecule has 1 saturated carbocycles. The van der Waals surface area contributed by atoms with Gasteiger partial charge >= 0.3 is 0 Å². The predicted octanol–water partition coefficient (Wildman–Crippen LogP) is 2.02. The lowest BCUT2D eigenvalue weighted by Gasteiger charge is -2.50. The van der Waals surface area contributed by atoms with Gasteiger partial charge in [-0.15, -0.1) is 0 Å². The normalized spacial score (nSPS) is 32.5. The molecule has 1 saturated heterocycles. The molecule has 1 aliphatic carbocycles. The number of hydrogen-bond donors (Lipinski definition) is 1. The second kappa shape index (κ2) is 7.21. The Balaban J connectivity index is 2.13. The Morgan fingerprint density at radius 3 is 2.75 bits per heavy atom. The number of methoxy groups -OCH3 is 1. The summed E-state index contributed by atoms with van der Waals surface area (Å²) in [5.74, 6) is 0.859. The lowest BCUT2D eigenvalue weighted by molar-refractivity contribution is -0.0898. The Bertz CT molecular complexity index is 296. The van der Waals surface area contributed by atoms with Gasteiger partial charge in [-0.05, 0) is 44.9 Å². The Hall–Kier alpha value is -0.160. The third-order valence-electron chi connectivity index (χ3n) is 5.31. The van der Waals surface area contributed by atoms with Crippen molar-refractivity contribution in [3.63, 3.8) is 0 Å². The molecule has 3 unspecified atom stereocenters. The first-order chi connectivity index (χ1) is 9.66. The quantitative estimate of drug-likeness (QED) is 0.741. The Morgan fingerprint density at radius 1 is 1.45 bits per heavy atom. The van der Waals surface area contributed by atoms with Gasteiger partial charge in [0.25, 0.3) is 0 Å². The van der Waals surface area contributed by atoms with Crippen molar-refractivity contribution in [2.24, 2.45) is 11.7 Å². The van der Waals surface area contributed by atoms with Gasteiger partial charge in [0.05, 0.1) is 12.7 Å². The summed E-state index contributed by atoms with van der Waals surface area (Å²) in [5.41, 5.74) is 6.36. The van der Waals surface area contributed by atoms with Gasteiger partial charge in [-0.1, -0.05) is 6.92 Å². The number of ether oxygens (including phenoxy) is 2. The van der Waals surface area contributed by atoms with Crippen LogP contribution in [0.15, 0.2) is 0 Å². The SMILES string of the molecule is CCC1CC(CN)(N(CCOC)C(C)C2CC2)CCO1. The third kappa shape index (κ3) is 3.53. The molecule has 4 nitrogen and oxygen atoms in total. The summed E-state index contributed by atoms with van der Waals surface area (Å²) in [6.07, 6.45) is 6.32. The summed E-state index contributed by atoms with van der Waals surface area (Å²) in [6, 6.07) is 0.615. The zero-order valence-corrected chi connectivity index (χ0v) is 13.4. The molecule has 0 aromatic rings. The molecular formula is C16H32N2O2. The third-order valence-corrected chi connectivity index (χ3v) is 5.31. The lowest BCUT2D eigenvalue weighted by atomic mass is 9.82. The molecule has 0 aromatic carbocycles. The lowest BCUT2D eigenvalue weighted by Crippen LogP contribution is -2.62. The summed E-state index contributed by atoms with van der Waals surface area (Å²) in [5, 5.41) is 0. The van der Waals surface area contributed by atoms with Crippen LogP contribution in [-0.4, -0.2) is 56.0 Å². The second-order valence-electron chi connectivity index (χ2n) is 6.55. The van der Waals surface area contributed by atoms with Crippen molar-refractivity contribution in [1.29, 1.82) is 0 Å². The number of nitrogens with two attached hydrogens (primary N) is 1. The van der Waals surface area contributed by atoms with E-state index in [-0.39, 0.29) is 5.54 Å². The first-order valence-electron chi connectivity index (χ1n) is 8.24. The second-order valence-corrected chi connectivity index (χ2v) is 6.55. The Morgan fingerprint density at radius 2 is 2.20 bits per heavy atom. The highest BCUT2D eigenvalue weighted by Gasteiger charge is 2.45. The molecule has 2 aliphatic rings. The molecular weight excluding hydrogens is 252 g/mol. The topological polar surface area (TPSA) is 47.7 Å². The van der Waals surface area contributed by atoms with Crippen molar-refractivity contribution in [3.05, 3.63) is 0 Å². The summed E-state index contributed by atoms with van der Waals surface area (Å²) < 4.78 is 11.2. The molecule has 0 aromatic heterocycles. The standard InChI is InChI=1S/C16H32N2O2/c1-4-15-11-16(12-17,7-9-20-15)18(8-10-19-3)13(2)14-5-6-14/h13-15H,4-12,17H2,1-3H3. The van der Waals surface area contributed by atoms with Gasteiger partial charge in [0, 0.05) is 38.4 Å². The highest BCUT2D eigenvalue weighted by atomic mass is 16.5. The van der Waals surface area contributed by atoms with Crippen LogP contribution in [0.1, 0.15) is 46.0 Å². The van der Waals surface area contributed by atoms with Crippen molar-refractivity contribution in [2.45, 2.75) is 63.6 Å². The van der Waals surface area contributed by atoms with Gasteiger partial charge in [0.1, 0.15) is 0 Å². The molecule has 4 heteroatoms. The molecule has 118 valence electrons. The van der Waals surface area contributed by atoms with E-state index in [1.165, 1.54) is 12.8 Å². The molecule has 0 bridgehead atoms. The van der Waals surface area contributed by atoms with E-state index in [0.29, 0.717) is 12.1 Å². The minimum absolute atomic E-state index is 0.111. The average molecular weight is 284 g/mol. The van der Waals surface area contributed by atoms with Crippen molar-refractivity contribution in [3.8, 4) is 0 Å². The zero-order valence-electron chi connectivity index (χ0n) is 13.4. The Labute approximate surface area is 124 Å². The number of rotatable bonds is 8. The van der Waals surface area contributed by atoms with E-state index >= 15 is 0 Å². The molecule has 0 spiro atoms. The molecule has 2 N–H and O–H groups in total. The van der Waals surface area contributed by atoms with E-state index in [2.05, 4.69) is 18.7 Å². The molecule has 20 heavy (non-hydrogen) atoms. The minimum Gasteiger partial charge on any atom is -0.383 e. The molecule has 1 aliphatic heterocycles. The van der Waals surface area contributed by atoms with Crippen molar-refractivity contribution in [1.82, 2.24) is 4.90 Å². The largest absolute Gasteiger partial charge is 0.383 e. The van der Waals surface area contributed by atoms with E-state index in [1.54, 1.807) is 7.11 Å². The van der Waals surface area contributed by atoms with Gasteiger partial charge < -0.3 is 15.2 Å². The van der Waals surface area contributed by atoms with Crippen LogP contribution in [0.25, 0.3) is 0 Å². The van der Waals surface area contributed by atoms with Gasteiger partial charge in [-0.3, -0.25) is 4.90 Å². The van der Waals surface area contributed by atoms with Crippen molar-refractivity contribution < 1.29 is 9.47 Å². The van der Waals surface area contributed by atoms with Crippen molar-refractivity contribution in [2.75, 3.05) is 33.4 Å². The van der Waals surface area contributed by atoms with Gasteiger partial charge in [-0.2, -0.15) is 0 Å². The fraction of sp³-hybridized carbons (Fsp3) is 1.00. The highest BCUT2D eigenvalue weighted by molar-refractivity contribution is 5.00. The molecule has 2 rings (SSSR count). The van der Waals surface area contributed by atoms with Crippen LogP contribution in [0.2, 0.25) is 0 Å². The van der Waals surface area contributed by atoms with E-state index in [0.717, 1.165) is 51.5 Å². The molecule has 3 atom stereocenters. The summed E-state index contributed by atoms with van der Waals surface area (Å²) in [6.45, 7) is 7.94. The highest BCUT2D eigenvalue weighted by Crippen LogP contribution is 2.40. The van der Waals surface area contributed by atoms with Gasteiger partial charge in [0.15, 0.2) is 0 Å². The van der Waals surface area contributed by atoms with Crippen LogP contribution < -0.4 is 5.73 Å². The maximum atomic E-state index is 6.25. The first-order valence-corrected chi connectivity index (χ1v) is 8.24. The van der Waals surface area contributed by atoms with Gasteiger partial charge in [-0.25, -0.2) is 0 Å². The summed E-state index contributed by atoms with van der Waals surface area (Å²) in [4.78, 5) is 2.65. The van der Waals surface area contributed by atoms with Crippen LogP contribution in [-0.2, 0) is 9.47 Å². The van der Waals surface area contributed by atoms with E-state index in [1.807, 2.05) is 0 Å². The molecule has 0 radical (unpaired) electrons. The molecule has 0 amide bonds. The molecule has 2 fully saturated rings. The summed E-state index contributed by atoms with van der Waals surface area (Å²) >= 11 is 0. The predicted molar refractivity (Wildman–Crippen MR) is 81.8 cm³/mol. The number of hydrogen-bond acceptors (Lipinski definition) is 4. The monoisotopic (exact) mass is 284 g/mol. The smallest absolute Gasteiger partial charge is 0.0590 e. The van der Waals surface area contributed by atoms with E-state index in [4.69, 9.17) is 15.2 Å². The van der Waals surface area contributed by atoms with Crippen LogP contribution in [0.4, 0.5) is 0 Å². The van der Waals surface area contributed by atoms with Crippen LogP contribution in [0, 0.1) is 5.92 Å². The van der Waals surface area contributed by atoms with Crippen LogP contribution in [0.3, 0.4) is 0 Å². The van der Waals surface area contributed by atoms with E-state index in [9.17, 15) is 0 Å². The van der Waals surface area contributed by atoms with Crippen molar-refractivity contribution >= 4 is 0 Å². The van der Waals surface area contributed by atoms with Crippen LogP contribution >= 0.6 is 0 Å². The van der Waals surface area contributed by atoms with E-state index < -0.39 is 0 Å². The molecule has 1 heterocycles. The maximum absolute atomic E-state index is 6.25. The van der Waals surface area contributed by atoms with Crippen LogP contribution in [0.5, 0.6) is 0 Å². The fourth-order valence-electron chi connectivity index (χ4n) is 3.72. The minimum atomic E-state index is 0.111. The average Bonchev–Trinajstić information content (AvgIpc) is 3.32. The Kier molecular flexibility index (Phi) is 5.84. The first kappa shape index (κ1) is 16.2. The van der Waals surface area contributed by atoms with Gasteiger partial charge in [0.2, 0.25) is 0 Å². The fourth-order valence-corrected chi connectivity index (χ4v) is 3.72.